The van der Waals surface area contributed by atoms with E-state index in [1.165, 1.54) is 20.0 Å². The number of nitrogens with zero attached hydrogens (tertiary/aromatic N) is 2. The van der Waals surface area contributed by atoms with Crippen LogP contribution in [0.2, 0.25) is 0 Å². The highest BCUT2D eigenvalue weighted by Gasteiger charge is 2.56. The van der Waals surface area contributed by atoms with Gasteiger partial charge in [-0.05, 0) is 114 Å². The minimum absolute atomic E-state index is 0.0324. The Morgan fingerprint density at radius 3 is 2.33 bits per heavy atom. The summed E-state index contributed by atoms with van der Waals surface area (Å²) in [5.74, 6) is -1.15. The van der Waals surface area contributed by atoms with Crippen LogP contribution in [-0.4, -0.2) is 66.9 Å². The minimum Gasteiger partial charge on any atom is -0.496 e. The molecule has 3 fully saturated rings. The van der Waals surface area contributed by atoms with Crippen LogP contribution in [0.4, 0.5) is 19.3 Å². The van der Waals surface area contributed by atoms with Crippen LogP contribution in [0, 0.1) is 18.3 Å². The first-order valence-electron chi connectivity index (χ1n) is 16.1. The van der Waals surface area contributed by atoms with Gasteiger partial charge in [0.05, 0.1) is 25.3 Å². The Hall–Kier alpha value is -3.66. The predicted octanol–water partition coefficient (Wildman–Crippen LogP) is 8.05. The van der Waals surface area contributed by atoms with Crippen molar-refractivity contribution in [2.45, 2.75) is 84.3 Å². The first kappa shape index (κ1) is 33.7. The van der Waals surface area contributed by atoms with E-state index in [2.05, 4.69) is 15.0 Å². The van der Waals surface area contributed by atoms with Crippen LogP contribution in [0.15, 0.2) is 42.6 Å². The molecule has 0 amide bonds. The van der Waals surface area contributed by atoms with Crippen molar-refractivity contribution >= 4 is 28.7 Å². The molecule has 1 saturated heterocycles. The molecule has 0 bridgehead atoms. The molecule has 2 heterocycles. The zero-order valence-corrected chi connectivity index (χ0v) is 27.9. The van der Waals surface area contributed by atoms with Gasteiger partial charge in [0.25, 0.3) is 0 Å². The number of hydrogen-bond acceptors (Lipinski definition) is 7. The van der Waals surface area contributed by atoms with Crippen molar-refractivity contribution in [1.29, 1.82) is 0 Å². The lowest BCUT2D eigenvalue weighted by molar-refractivity contribution is -0.178. The van der Waals surface area contributed by atoms with Gasteiger partial charge in [0.1, 0.15) is 11.4 Å². The third-order valence-electron chi connectivity index (χ3n) is 9.18. The van der Waals surface area contributed by atoms with Crippen molar-refractivity contribution in [3.63, 3.8) is 0 Å². The van der Waals surface area contributed by atoms with E-state index < -0.39 is 17.6 Å². The highest BCUT2D eigenvalue weighted by atomic mass is 19.3. The number of aryl methyl sites for hydroxylation is 1. The number of anilines is 1. The topological polar surface area (TPSA) is 82.0 Å². The summed E-state index contributed by atoms with van der Waals surface area (Å²) in [7, 11) is 3.04. The van der Waals surface area contributed by atoms with Crippen LogP contribution < -0.4 is 10.1 Å². The molecule has 3 aliphatic rings. The average molecular weight is 640 g/mol. The lowest BCUT2D eigenvalue weighted by atomic mass is 9.61. The maximum atomic E-state index is 13.4. The second kappa shape index (κ2) is 13.2. The zero-order valence-electron chi connectivity index (χ0n) is 27.9. The highest BCUT2D eigenvalue weighted by Crippen LogP contribution is 2.57. The van der Waals surface area contributed by atoms with Crippen molar-refractivity contribution in [2.24, 2.45) is 11.3 Å². The van der Waals surface area contributed by atoms with Gasteiger partial charge in [-0.25, -0.2) is 18.4 Å². The van der Waals surface area contributed by atoms with E-state index in [0.717, 1.165) is 71.9 Å². The summed E-state index contributed by atoms with van der Waals surface area (Å²) in [6.45, 7) is 10.7. The van der Waals surface area contributed by atoms with Gasteiger partial charge in [0.15, 0.2) is 0 Å². The molecule has 0 atom stereocenters. The molecule has 2 aromatic carbocycles. The number of carbonyl (C=O) groups excluding carboxylic acids is 2. The predicted molar refractivity (Wildman–Crippen MR) is 175 cm³/mol. The van der Waals surface area contributed by atoms with Crippen molar-refractivity contribution in [2.75, 3.05) is 39.2 Å². The summed E-state index contributed by atoms with van der Waals surface area (Å²) in [5, 5.41) is 4.27. The first-order valence-corrected chi connectivity index (χ1v) is 16.1. The molecule has 46 heavy (non-hydrogen) atoms. The van der Waals surface area contributed by atoms with Gasteiger partial charge >= 0.3 is 12.1 Å². The number of piperidine rings is 1. The maximum absolute atomic E-state index is 13.4. The highest BCUT2D eigenvalue weighted by molar-refractivity contribution is 5.95. The fourth-order valence-corrected chi connectivity index (χ4v) is 6.64. The third-order valence-corrected chi connectivity index (χ3v) is 9.18. The average Bonchev–Trinajstić information content (AvgIpc) is 3.71. The van der Waals surface area contributed by atoms with E-state index in [1.54, 1.807) is 23.9 Å². The molecule has 250 valence electrons. The van der Waals surface area contributed by atoms with Gasteiger partial charge in [0, 0.05) is 48.8 Å². The van der Waals surface area contributed by atoms with Gasteiger partial charge in [0.2, 0.25) is 5.92 Å². The molecule has 10 heteroatoms. The van der Waals surface area contributed by atoms with Gasteiger partial charge < -0.3 is 19.5 Å². The number of nitrogens with one attached hydrogen (secondary N) is 1. The van der Waals surface area contributed by atoms with Crippen molar-refractivity contribution in [1.82, 2.24) is 9.47 Å². The number of rotatable bonds is 7. The van der Waals surface area contributed by atoms with Crippen molar-refractivity contribution < 1.29 is 32.6 Å². The number of benzene rings is 2. The standard InChI is InChI=1S/C24H32F2N2O3.C12H15NO2/c1-16-12-19(30-5)18(13-27-10-7-23(8-11-27)14-24(25,26)15-23)17-6-9-28(20(16)17)21(29)31-22(2,3)4;1-15-12(14)10-3-2-4-11(7-10)13-8-9-5-6-9/h6,9,12H,7-8,10-11,13-15H2,1-5H3;2-4,7,9,13H,5-6,8H2,1H3. The van der Waals surface area contributed by atoms with E-state index in [1.807, 2.05) is 58.0 Å². The number of ether oxygens (including phenoxy) is 3. The summed E-state index contributed by atoms with van der Waals surface area (Å²) >= 11 is 0. The fourth-order valence-electron chi connectivity index (χ4n) is 6.64. The monoisotopic (exact) mass is 639 g/mol. The lowest BCUT2D eigenvalue weighted by Crippen LogP contribution is -2.52. The molecule has 0 radical (unpaired) electrons. The smallest absolute Gasteiger partial charge is 0.419 e. The number of likely N-dealkylation sites (tertiary alicyclic amines) is 1. The summed E-state index contributed by atoms with van der Waals surface area (Å²) in [6.07, 6.45) is 5.66. The van der Waals surface area contributed by atoms with Crippen LogP contribution in [0.25, 0.3) is 10.9 Å². The molecule has 8 nitrogen and oxygen atoms in total. The molecule has 2 aliphatic carbocycles. The van der Waals surface area contributed by atoms with Gasteiger partial charge in [-0.1, -0.05) is 6.07 Å². The normalized spacial score (nSPS) is 18.7. The van der Waals surface area contributed by atoms with Crippen LogP contribution in [-0.2, 0) is 16.0 Å². The molecule has 3 aromatic rings. The third kappa shape index (κ3) is 8.00. The number of carbonyl (C=O) groups is 2. The van der Waals surface area contributed by atoms with Crippen molar-refractivity contribution in [3.8, 4) is 5.75 Å². The van der Waals surface area contributed by atoms with E-state index in [-0.39, 0.29) is 24.2 Å². The molecule has 1 aliphatic heterocycles. The number of alkyl halides is 2. The number of hydrogen-bond donors (Lipinski definition) is 1. The van der Waals surface area contributed by atoms with E-state index >= 15 is 0 Å². The molecule has 0 unspecified atom stereocenters. The van der Waals surface area contributed by atoms with Crippen LogP contribution >= 0.6 is 0 Å². The molecule has 1 aromatic heterocycles. The van der Waals surface area contributed by atoms with E-state index in [0.29, 0.717) is 12.1 Å². The Morgan fingerprint density at radius 1 is 1.04 bits per heavy atom. The summed E-state index contributed by atoms with van der Waals surface area (Å²) < 4.78 is 44.3. The molecule has 1 spiro atoms. The number of esters is 1. The largest absolute Gasteiger partial charge is 0.496 e. The number of halogens is 2. The number of aromatic nitrogens is 1. The van der Waals surface area contributed by atoms with Gasteiger partial charge in [-0.15, -0.1) is 0 Å². The molecular formula is C36H47F2N3O5. The Kier molecular flexibility index (Phi) is 9.68. The SMILES string of the molecule is COC(=O)c1cccc(NCC2CC2)c1.COc1cc(C)c2c(ccn2C(=O)OC(C)(C)C)c1CN1CCC2(CC1)CC(F)(F)C2. The summed E-state index contributed by atoms with van der Waals surface area (Å²) in [4.78, 5) is 26.3. The Labute approximate surface area is 270 Å². The number of methoxy groups -OCH3 is 2. The zero-order chi connectivity index (χ0) is 33.3. The van der Waals surface area contributed by atoms with Gasteiger partial charge in [-0.2, -0.15) is 0 Å². The molecule has 2 saturated carbocycles. The Morgan fingerprint density at radius 2 is 1.74 bits per heavy atom. The quantitative estimate of drug-likeness (QED) is 0.262. The Balaban J connectivity index is 0.000000232. The lowest BCUT2D eigenvalue weighted by Gasteiger charge is -2.51. The number of fused-ring (bicyclic) bond motifs is 1. The van der Waals surface area contributed by atoms with Crippen molar-refractivity contribution in [3.05, 3.63) is 59.3 Å². The second-order valence-electron chi connectivity index (χ2n) is 14.2. The van der Waals surface area contributed by atoms with Gasteiger partial charge in [-0.3, -0.25) is 9.47 Å². The summed E-state index contributed by atoms with van der Waals surface area (Å²) in [6, 6.07) is 11.3. The molecular weight excluding hydrogens is 592 g/mol. The first-order chi connectivity index (χ1) is 21.7. The maximum Gasteiger partial charge on any atom is 0.419 e. The molecule has 6 rings (SSSR count). The minimum atomic E-state index is -2.47. The van der Waals surface area contributed by atoms with E-state index in [9.17, 15) is 18.4 Å². The second-order valence-corrected chi connectivity index (χ2v) is 14.2. The van der Waals surface area contributed by atoms with Crippen LogP contribution in [0.1, 0.15) is 80.8 Å². The van der Waals surface area contributed by atoms with Crippen LogP contribution in [0.5, 0.6) is 5.75 Å². The summed E-state index contributed by atoms with van der Waals surface area (Å²) in [5.41, 5.74) is 3.59. The van der Waals surface area contributed by atoms with Crippen LogP contribution in [0.3, 0.4) is 0 Å². The Bertz CT molecular complexity index is 1560. The fraction of sp³-hybridized carbons (Fsp3) is 0.556. The molecule has 1 N–H and O–H groups in total. The van der Waals surface area contributed by atoms with E-state index in [4.69, 9.17) is 9.47 Å².